The predicted molar refractivity (Wildman–Crippen MR) is 72.9 cm³/mol. The highest BCUT2D eigenvalue weighted by Crippen LogP contribution is 2.40. The van der Waals surface area contributed by atoms with Crippen molar-refractivity contribution in [3.63, 3.8) is 0 Å². The van der Waals surface area contributed by atoms with Crippen LogP contribution < -0.4 is 10.5 Å². The van der Waals surface area contributed by atoms with Gasteiger partial charge in [-0.15, -0.1) is 0 Å². The molecule has 0 amide bonds. The zero-order valence-electron chi connectivity index (χ0n) is 10.7. The molecular weight excluding hydrogens is 291 g/mol. The van der Waals surface area contributed by atoms with E-state index in [9.17, 15) is 12.8 Å². The van der Waals surface area contributed by atoms with E-state index in [0.29, 0.717) is 0 Å². The summed E-state index contributed by atoms with van der Waals surface area (Å²) < 4.78 is 40.9. The average Bonchev–Trinajstić information content (AvgIpc) is 3.05. The summed E-state index contributed by atoms with van der Waals surface area (Å²) in [6.45, 7) is 3.57. The Kier molecular flexibility index (Phi) is 3.53. The van der Waals surface area contributed by atoms with Crippen LogP contribution in [0.5, 0.6) is 0 Å². The molecule has 4 nitrogen and oxygen atoms in total. The van der Waals surface area contributed by atoms with Crippen molar-refractivity contribution in [3.05, 3.63) is 23.0 Å². The number of nitrogen functional groups attached to an aromatic ring is 1. The maximum Gasteiger partial charge on any atom is 0.244 e. The first kappa shape index (κ1) is 14.6. The lowest BCUT2D eigenvalue weighted by atomic mass is 10.0. The van der Waals surface area contributed by atoms with Gasteiger partial charge in [0.2, 0.25) is 10.0 Å². The zero-order chi connectivity index (χ0) is 14.4. The van der Waals surface area contributed by atoms with Crippen LogP contribution in [-0.4, -0.2) is 14.0 Å². The van der Waals surface area contributed by atoms with Crippen molar-refractivity contribution in [1.29, 1.82) is 0 Å². The monoisotopic (exact) mass is 306 g/mol. The third kappa shape index (κ3) is 3.01. The fraction of sp³-hybridized carbons (Fsp3) is 0.500. The maximum atomic E-state index is 13.9. The van der Waals surface area contributed by atoms with E-state index < -0.39 is 26.3 Å². The van der Waals surface area contributed by atoms with Gasteiger partial charge in [-0.1, -0.05) is 11.6 Å². The second-order valence-electron chi connectivity index (χ2n) is 5.42. The molecule has 0 heterocycles. The minimum absolute atomic E-state index is 0.107. The van der Waals surface area contributed by atoms with Gasteiger partial charge in [-0.05, 0) is 44.7 Å². The third-order valence-electron chi connectivity index (χ3n) is 3.30. The van der Waals surface area contributed by atoms with E-state index >= 15 is 0 Å². The van der Waals surface area contributed by atoms with Crippen LogP contribution in [-0.2, 0) is 10.0 Å². The summed E-state index contributed by atoms with van der Waals surface area (Å²) in [6, 6.07) is 2.26. The molecule has 0 aliphatic heterocycles. The van der Waals surface area contributed by atoms with Crippen molar-refractivity contribution in [2.75, 3.05) is 5.73 Å². The average molecular weight is 307 g/mol. The Morgan fingerprint density at radius 1 is 1.42 bits per heavy atom. The lowest BCUT2D eigenvalue weighted by Gasteiger charge is -2.26. The molecule has 1 saturated carbocycles. The van der Waals surface area contributed by atoms with Crippen molar-refractivity contribution in [3.8, 4) is 0 Å². The van der Waals surface area contributed by atoms with Gasteiger partial charge in [-0.25, -0.2) is 17.5 Å². The fourth-order valence-corrected chi connectivity index (χ4v) is 3.96. The van der Waals surface area contributed by atoms with Gasteiger partial charge in [0, 0.05) is 11.2 Å². The Bertz CT molecular complexity index is 612. The number of halogens is 2. The van der Waals surface area contributed by atoms with Gasteiger partial charge in [-0.3, -0.25) is 0 Å². The predicted octanol–water partition coefficient (Wildman–Crippen LogP) is 2.53. The molecule has 1 aliphatic carbocycles. The molecule has 0 aromatic heterocycles. The van der Waals surface area contributed by atoms with E-state index in [1.807, 2.05) is 0 Å². The summed E-state index contributed by atoms with van der Waals surface area (Å²) in [5, 5.41) is -0.301. The highest BCUT2D eigenvalue weighted by Gasteiger charge is 2.41. The molecule has 0 radical (unpaired) electrons. The Hall–Kier alpha value is -0.850. The number of hydrogen-bond acceptors (Lipinski definition) is 3. The number of nitrogens with one attached hydrogen (secondary N) is 1. The molecule has 0 atom stereocenters. The van der Waals surface area contributed by atoms with Crippen LogP contribution in [0.3, 0.4) is 0 Å². The SMILES string of the molecule is CC(C)(NS(=O)(=O)c1cc(N)cc(Cl)c1F)C1CC1. The third-order valence-corrected chi connectivity index (χ3v) is 5.25. The number of anilines is 1. The van der Waals surface area contributed by atoms with Gasteiger partial charge in [-0.2, -0.15) is 0 Å². The van der Waals surface area contributed by atoms with E-state index in [-0.39, 0.29) is 16.6 Å². The van der Waals surface area contributed by atoms with Crippen molar-refractivity contribution in [1.82, 2.24) is 4.72 Å². The van der Waals surface area contributed by atoms with Crippen molar-refractivity contribution >= 4 is 27.3 Å². The van der Waals surface area contributed by atoms with E-state index in [4.69, 9.17) is 17.3 Å². The Labute approximate surface area is 117 Å². The van der Waals surface area contributed by atoms with Crippen molar-refractivity contribution in [2.24, 2.45) is 5.92 Å². The number of nitrogens with two attached hydrogens (primary N) is 1. The van der Waals surface area contributed by atoms with Crippen molar-refractivity contribution in [2.45, 2.75) is 37.1 Å². The van der Waals surface area contributed by atoms with Gasteiger partial charge >= 0.3 is 0 Å². The molecule has 1 aromatic rings. The smallest absolute Gasteiger partial charge is 0.244 e. The first-order chi connectivity index (χ1) is 8.63. The largest absolute Gasteiger partial charge is 0.399 e. The van der Waals surface area contributed by atoms with E-state index in [1.54, 1.807) is 13.8 Å². The van der Waals surface area contributed by atoms with Crippen LogP contribution in [0, 0.1) is 11.7 Å². The van der Waals surface area contributed by atoms with Crippen LogP contribution in [0.25, 0.3) is 0 Å². The normalized spacial score (nSPS) is 16.6. The van der Waals surface area contributed by atoms with Gasteiger partial charge in [0.25, 0.3) is 0 Å². The molecular formula is C12H16ClFN2O2S. The highest BCUT2D eigenvalue weighted by atomic mass is 35.5. The standard InChI is InChI=1S/C12H16ClFN2O2S/c1-12(2,7-3-4-7)16-19(17,18)10-6-8(15)5-9(13)11(10)14/h5-7,16H,3-4,15H2,1-2H3. The lowest BCUT2D eigenvalue weighted by molar-refractivity contribution is 0.399. The lowest BCUT2D eigenvalue weighted by Crippen LogP contribution is -2.45. The summed E-state index contributed by atoms with van der Waals surface area (Å²) in [4.78, 5) is -0.508. The van der Waals surface area contributed by atoms with Gasteiger partial charge < -0.3 is 5.73 Å². The minimum atomic E-state index is -3.99. The van der Waals surface area contributed by atoms with Crippen LogP contribution in [0.2, 0.25) is 5.02 Å². The Balaban J connectivity index is 2.39. The summed E-state index contributed by atoms with van der Waals surface area (Å²) in [7, 11) is -3.99. The number of rotatable bonds is 4. The van der Waals surface area contributed by atoms with Gasteiger partial charge in [0.05, 0.1) is 5.02 Å². The van der Waals surface area contributed by atoms with E-state index in [1.165, 1.54) is 6.07 Å². The van der Waals surface area contributed by atoms with E-state index in [0.717, 1.165) is 18.9 Å². The van der Waals surface area contributed by atoms with E-state index in [2.05, 4.69) is 4.72 Å². The molecule has 1 fully saturated rings. The number of sulfonamides is 1. The molecule has 0 spiro atoms. The quantitative estimate of drug-likeness (QED) is 0.840. The van der Waals surface area contributed by atoms with Crippen LogP contribution in [0.15, 0.2) is 17.0 Å². The molecule has 0 bridgehead atoms. The molecule has 3 N–H and O–H groups in total. The second-order valence-corrected chi connectivity index (χ2v) is 7.47. The molecule has 1 aliphatic rings. The number of hydrogen-bond donors (Lipinski definition) is 2. The maximum absolute atomic E-state index is 13.9. The summed E-state index contributed by atoms with van der Waals surface area (Å²) >= 11 is 5.62. The summed E-state index contributed by atoms with van der Waals surface area (Å²) in [5.74, 6) is -0.697. The topological polar surface area (TPSA) is 72.2 Å². The summed E-state index contributed by atoms with van der Waals surface area (Å²) in [5.41, 5.74) is 5.02. The van der Waals surface area contributed by atoms with Crippen LogP contribution in [0.4, 0.5) is 10.1 Å². The Morgan fingerprint density at radius 2 is 2.00 bits per heavy atom. The van der Waals surface area contributed by atoms with Gasteiger partial charge in [0.1, 0.15) is 4.90 Å². The first-order valence-electron chi connectivity index (χ1n) is 5.92. The Morgan fingerprint density at radius 3 is 2.53 bits per heavy atom. The van der Waals surface area contributed by atoms with Crippen molar-refractivity contribution < 1.29 is 12.8 Å². The molecule has 1 aromatic carbocycles. The number of benzene rings is 1. The highest BCUT2D eigenvalue weighted by molar-refractivity contribution is 7.89. The fourth-order valence-electron chi connectivity index (χ4n) is 2.07. The second kappa shape index (κ2) is 4.61. The minimum Gasteiger partial charge on any atom is -0.399 e. The molecule has 2 rings (SSSR count). The zero-order valence-corrected chi connectivity index (χ0v) is 12.3. The van der Waals surface area contributed by atoms with Crippen LogP contribution >= 0.6 is 11.6 Å². The summed E-state index contributed by atoms with van der Waals surface area (Å²) in [6.07, 6.45) is 1.94. The molecule has 7 heteroatoms. The molecule has 19 heavy (non-hydrogen) atoms. The first-order valence-corrected chi connectivity index (χ1v) is 7.78. The van der Waals surface area contributed by atoms with Crippen LogP contribution in [0.1, 0.15) is 26.7 Å². The molecule has 0 saturated heterocycles. The molecule has 0 unspecified atom stereocenters. The van der Waals surface area contributed by atoms with Gasteiger partial charge in [0.15, 0.2) is 5.82 Å². The molecule has 106 valence electrons.